The van der Waals surface area contributed by atoms with Gasteiger partial charge in [-0.3, -0.25) is 9.59 Å². The minimum absolute atomic E-state index is 0.0171. The third-order valence-corrected chi connectivity index (χ3v) is 8.32. The Kier molecular flexibility index (Phi) is 9.66. The number of fused-ring (bicyclic) bond motifs is 2. The molecule has 5 aliphatic heterocycles. The maximum absolute atomic E-state index is 11.2. The van der Waals surface area contributed by atoms with Crippen LogP contribution in [0.15, 0.2) is 0 Å². The van der Waals surface area contributed by atoms with E-state index in [-0.39, 0.29) is 58.0 Å². The second-order valence-electron chi connectivity index (χ2n) is 8.83. The Hall–Kier alpha value is -1.00. The Balaban J connectivity index is 0.000000168. The van der Waals surface area contributed by atoms with Crippen molar-refractivity contribution in [3.63, 3.8) is 0 Å². The Morgan fingerprint density at radius 3 is 1.86 bits per heavy atom. The molecule has 35 heavy (non-hydrogen) atoms. The van der Waals surface area contributed by atoms with E-state index < -0.39 is 17.3 Å². The molecule has 14 heteroatoms. The molecule has 12 nitrogen and oxygen atoms in total. The van der Waals surface area contributed by atoms with Gasteiger partial charge in [0.25, 0.3) is 5.09 Å². The zero-order valence-corrected chi connectivity index (χ0v) is 21.2. The largest absolute Gasteiger partial charge is 0.372 e. The van der Waals surface area contributed by atoms with Crippen LogP contribution in [0.5, 0.6) is 0 Å². The summed E-state index contributed by atoms with van der Waals surface area (Å²) < 4.78 is 33.8. The zero-order valence-electron chi connectivity index (χ0n) is 19.6. The molecule has 0 N–H and O–H groups in total. The second kappa shape index (κ2) is 12.5. The van der Waals surface area contributed by atoms with E-state index in [2.05, 4.69) is 4.84 Å². The van der Waals surface area contributed by atoms with Crippen molar-refractivity contribution in [2.45, 2.75) is 86.5 Å². The van der Waals surface area contributed by atoms with Gasteiger partial charge in [-0.2, -0.15) is 0 Å². The summed E-state index contributed by atoms with van der Waals surface area (Å²) in [4.78, 5) is 36.8. The van der Waals surface area contributed by atoms with E-state index in [4.69, 9.17) is 28.4 Å². The molecule has 198 valence electrons. The minimum atomic E-state index is -0.842. The molecule has 0 aromatic carbocycles. The first-order chi connectivity index (χ1) is 16.8. The first kappa shape index (κ1) is 27.0. The first-order valence-electron chi connectivity index (χ1n) is 11.7. The highest BCUT2D eigenvalue weighted by atomic mass is 32.2. The van der Waals surface area contributed by atoms with Crippen molar-refractivity contribution in [2.75, 3.05) is 33.0 Å². The van der Waals surface area contributed by atoms with Gasteiger partial charge in [-0.05, 0) is 19.3 Å². The van der Waals surface area contributed by atoms with Crippen LogP contribution in [0.3, 0.4) is 0 Å². The molecule has 5 fully saturated rings. The lowest BCUT2D eigenvalue weighted by Crippen LogP contribution is -2.36. The van der Waals surface area contributed by atoms with Crippen LogP contribution in [-0.2, 0) is 42.8 Å². The Bertz CT molecular complexity index is 738. The lowest BCUT2D eigenvalue weighted by atomic mass is 10.1. The number of hydrogen-bond acceptors (Lipinski definition) is 13. The highest BCUT2D eigenvalue weighted by Gasteiger charge is 2.50. The predicted molar refractivity (Wildman–Crippen MR) is 123 cm³/mol. The molecule has 5 heterocycles. The SMILES string of the molecule is CC(=O)S[C@@H]1CO[C@H]2[C@@H]1OC[C@@H]2OC1CCCCO1.CC(=O)S[C@@H]1CO[C@H]2[C@@H]1OC[C@@H]2O[N+](=O)[O-]. The molecule has 0 amide bonds. The molecule has 0 radical (unpaired) electrons. The van der Waals surface area contributed by atoms with E-state index in [1.807, 2.05) is 0 Å². The monoisotopic (exact) mass is 537 g/mol. The van der Waals surface area contributed by atoms with Gasteiger partial charge in [0.1, 0.15) is 30.5 Å². The van der Waals surface area contributed by atoms with Crippen LogP contribution < -0.4 is 0 Å². The average Bonchev–Trinajstić information content (AvgIpc) is 3.55. The summed E-state index contributed by atoms with van der Waals surface area (Å²) in [7, 11) is 0. The molecular weight excluding hydrogens is 506 g/mol. The molecule has 5 rings (SSSR count). The summed E-state index contributed by atoms with van der Waals surface area (Å²) in [6.07, 6.45) is 1.52. The van der Waals surface area contributed by atoms with Gasteiger partial charge in [0.05, 0.1) is 36.9 Å². The lowest BCUT2D eigenvalue weighted by molar-refractivity contribution is -0.769. The van der Waals surface area contributed by atoms with Gasteiger partial charge < -0.3 is 33.3 Å². The highest BCUT2D eigenvalue weighted by molar-refractivity contribution is 8.14. The second-order valence-corrected chi connectivity index (χ2v) is 11.7. The molecule has 5 aliphatic rings. The summed E-state index contributed by atoms with van der Waals surface area (Å²) >= 11 is 2.46. The maximum Gasteiger partial charge on any atom is 0.294 e. The van der Waals surface area contributed by atoms with E-state index in [1.165, 1.54) is 18.7 Å². The normalized spacial score (nSPS) is 39.9. The first-order valence-corrected chi connectivity index (χ1v) is 13.5. The van der Waals surface area contributed by atoms with Gasteiger partial charge >= 0.3 is 0 Å². The van der Waals surface area contributed by atoms with E-state index >= 15 is 0 Å². The van der Waals surface area contributed by atoms with Gasteiger partial charge in [-0.15, -0.1) is 10.1 Å². The van der Waals surface area contributed by atoms with Gasteiger partial charge in [-0.25, -0.2) is 0 Å². The summed E-state index contributed by atoms with van der Waals surface area (Å²) in [5.74, 6) is 0. The van der Waals surface area contributed by atoms with Crippen LogP contribution in [0.4, 0.5) is 0 Å². The van der Waals surface area contributed by atoms with Crippen molar-refractivity contribution in [1.29, 1.82) is 0 Å². The predicted octanol–water partition coefficient (Wildman–Crippen LogP) is 1.35. The lowest BCUT2D eigenvalue weighted by Gasteiger charge is -2.27. The van der Waals surface area contributed by atoms with Crippen LogP contribution in [0.25, 0.3) is 0 Å². The topological polar surface area (TPSA) is 142 Å². The van der Waals surface area contributed by atoms with Crippen molar-refractivity contribution in [3.8, 4) is 0 Å². The molecule has 0 spiro atoms. The molecule has 1 unspecified atom stereocenters. The third kappa shape index (κ3) is 7.06. The maximum atomic E-state index is 11.2. The molecule has 0 aliphatic carbocycles. The van der Waals surface area contributed by atoms with Crippen LogP contribution in [-0.4, -0.2) is 102 Å². The Morgan fingerprint density at radius 2 is 1.34 bits per heavy atom. The Morgan fingerprint density at radius 1 is 0.800 bits per heavy atom. The zero-order chi connectivity index (χ0) is 24.9. The fourth-order valence-corrected chi connectivity index (χ4v) is 6.70. The third-order valence-electron chi connectivity index (χ3n) is 6.25. The molecule has 0 bridgehead atoms. The van der Waals surface area contributed by atoms with Crippen molar-refractivity contribution in [1.82, 2.24) is 0 Å². The quantitative estimate of drug-likeness (QED) is 0.356. The molecular formula is C21H31NO11S2. The fraction of sp³-hybridized carbons (Fsp3) is 0.905. The number of carbonyl (C=O) groups excluding carboxylic acids is 2. The van der Waals surface area contributed by atoms with E-state index in [1.54, 1.807) is 6.92 Å². The number of thioether (sulfide) groups is 2. The number of nitrogens with zero attached hydrogens (tertiary/aromatic N) is 1. The minimum Gasteiger partial charge on any atom is -0.372 e. The van der Waals surface area contributed by atoms with Crippen LogP contribution >= 0.6 is 23.5 Å². The van der Waals surface area contributed by atoms with Gasteiger partial charge in [0.2, 0.25) is 0 Å². The molecule has 0 saturated carbocycles. The fourth-order valence-electron chi connectivity index (χ4n) is 4.82. The van der Waals surface area contributed by atoms with Crippen LogP contribution in [0.2, 0.25) is 0 Å². The number of rotatable bonds is 6. The van der Waals surface area contributed by atoms with E-state index in [0.29, 0.717) is 19.8 Å². The van der Waals surface area contributed by atoms with Gasteiger partial charge in [0.15, 0.2) is 22.6 Å². The van der Waals surface area contributed by atoms with E-state index in [9.17, 15) is 19.7 Å². The Labute approximate surface area is 211 Å². The summed E-state index contributed by atoms with van der Waals surface area (Å²) in [6, 6.07) is 0. The summed E-state index contributed by atoms with van der Waals surface area (Å²) in [6.45, 7) is 5.41. The highest BCUT2D eigenvalue weighted by Crippen LogP contribution is 2.37. The van der Waals surface area contributed by atoms with Crippen molar-refractivity contribution < 1.29 is 47.9 Å². The summed E-state index contributed by atoms with van der Waals surface area (Å²) in [5.41, 5.74) is 0. The van der Waals surface area contributed by atoms with Crippen molar-refractivity contribution >= 4 is 33.8 Å². The number of carbonyl (C=O) groups is 2. The van der Waals surface area contributed by atoms with Crippen molar-refractivity contribution in [2.24, 2.45) is 0 Å². The van der Waals surface area contributed by atoms with Crippen molar-refractivity contribution in [3.05, 3.63) is 10.1 Å². The molecule has 9 atom stereocenters. The van der Waals surface area contributed by atoms with E-state index in [0.717, 1.165) is 37.6 Å². The summed E-state index contributed by atoms with van der Waals surface area (Å²) in [5, 5.41) is 9.47. The van der Waals surface area contributed by atoms with Crippen LogP contribution in [0, 0.1) is 10.1 Å². The smallest absolute Gasteiger partial charge is 0.294 e. The molecule has 0 aromatic rings. The molecule has 0 aromatic heterocycles. The van der Waals surface area contributed by atoms with Gasteiger partial charge in [-0.1, -0.05) is 23.5 Å². The number of ether oxygens (including phenoxy) is 6. The standard InChI is InChI=1S/C13H20O5S.C8H11NO6S/c1-8(14)19-10-7-17-12-9(6-16-13(10)12)18-11-4-2-3-5-15-11;1-4(10)16-6-3-14-7-5(15-9(11)12)2-13-8(6)7/h9-13H,2-7H2,1H3;5-8H,2-3H2,1H3/t9-,10+,11?,12+,13+;5-,6+,7+,8+/m00/s1. The van der Waals surface area contributed by atoms with Crippen LogP contribution in [0.1, 0.15) is 33.1 Å². The number of hydrogen-bond donors (Lipinski definition) is 0. The molecule has 5 saturated heterocycles. The van der Waals surface area contributed by atoms with Gasteiger partial charge in [0, 0.05) is 20.5 Å². The average molecular weight is 538 g/mol.